The van der Waals surface area contributed by atoms with Gasteiger partial charge in [0, 0.05) is 15.9 Å². The summed E-state index contributed by atoms with van der Waals surface area (Å²) in [6, 6.07) is 22.8. The van der Waals surface area contributed by atoms with Crippen molar-refractivity contribution in [3.05, 3.63) is 105 Å². The molecule has 0 fully saturated rings. The molecule has 0 saturated heterocycles. The van der Waals surface area contributed by atoms with Crippen molar-refractivity contribution in [3.63, 3.8) is 0 Å². The van der Waals surface area contributed by atoms with Crippen LogP contribution in [-0.4, -0.2) is 26.1 Å². The van der Waals surface area contributed by atoms with Crippen LogP contribution in [0.2, 0.25) is 0 Å². The Morgan fingerprint density at radius 2 is 1.86 bits per heavy atom. The molecule has 1 unspecified atom stereocenters. The van der Waals surface area contributed by atoms with E-state index >= 15 is 0 Å². The van der Waals surface area contributed by atoms with Gasteiger partial charge in [-0.05, 0) is 71.8 Å². The first-order valence-corrected chi connectivity index (χ1v) is 11.9. The topological polar surface area (TPSA) is 94.0 Å². The molecule has 2 heterocycles. The number of fused-ring (bicyclic) bond motifs is 1. The van der Waals surface area contributed by atoms with E-state index in [1.807, 2.05) is 86.6 Å². The Bertz CT molecular complexity index is 1400. The van der Waals surface area contributed by atoms with Crippen LogP contribution in [0.4, 0.5) is 11.6 Å². The average molecular weight is 531 g/mol. The van der Waals surface area contributed by atoms with Gasteiger partial charge in [0.05, 0.1) is 5.57 Å². The Balaban J connectivity index is 1.40. The number of rotatable bonds is 6. The Morgan fingerprint density at radius 1 is 1.09 bits per heavy atom. The third-order valence-electron chi connectivity index (χ3n) is 5.76. The van der Waals surface area contributed by atoms with Crippen LogP contribution in [-0.2, 0) is 11.4 Å². The molecule has 0 saturated carbocycles. The lowest BCUT2D eigenvalue weighted by Crippen LogP contribution is -2.31. The molecule has 2 N–H and O–H groups in total. The summed E-state index contributed by atoms with van der Waals surface area (Å²) in [4.78, 5) is 13.4. The number of halogens is 1. The van der Waals surface area contributed by atoms with Gasteiger partial charge in [-0.3, -0.25) is 4.79 Å². The fourth-order valence-electron chi connectivity index (χ4n) is 3.99. The van der Waals surface area contributed by atoms with Crippen LogP contribution in [0.3, 0.4) is 0 Å². The van der Waals surface area contributed by atoms with Crippen molar-refractivity contribution < 1.29 is 9.53 Å². The molecule has 4 aromatic rings. The summed E-state index contributed by atoms with van der Waals surface area (Å²) in [5.41, 5.74) is 5.00. The second-order valence-corrected chi connectivity index (χ2v) is 9.24. The van der Waals surface area contributed by atoms with Crippen LogP contribution in [0.15, 0.2) is 88.5 Å². The van der Waals surface area contributed by atoms with Crippen LogP contribution in [0.25, 0.3) is 0 Å². The van der Waals surface area contributed by atoms with Crippen LogP contribution in [0, 0.1) is 6.92 Å². The summed E-state index contributed by atoms with van der Waals surface area (Å²) < 4.78 is 8.59. The molecule has 0 aliphatic carbocycles. The zero-order chi connectivity index (χ0) is 24.4. The van der Waals surface area contributed by atoms with Gasteiger partial charge < -0.3 is 15.4 Å². The number of ether oxygens (including phenoxy) is 1. The second kappa shape index (κ2) is 9.71. The first-order valence-electron chi connectivity index (χ1n) is 11.1. The van der Waals surface area contributed by atoms with Crippen molar-refractivity contribution in [1.29, 1.82) is 0 Å². The quantitative estimate of drug-likeness (QED) is 0.353. The molecule has 9 heteroatoms. The lowest BCUT2D eigenvalue weighted by Gasteiger charge is -2.28. The van der Waals surface area contributed by atoms with Crippen LogP contribution in [0.1, 0.15) is 29.7 Å². The van der Waals surface area contributed by atoms with Gasteiger partial charge in [0.2, 0.25) is 5.95 Å². The number of nitrogens with zero attached hydrogens (tertiary/aromatic N) is 4. The lowest BCUT2D eigenvalue weighted by atomic mass is 9.95. The van der Waals surface area contributed by atoms with E-state index < -0.39 is 6.04 Å². The number of nitrogens with one attached hydrogen (secondary N) is 2. The molecular formula is C26H23BrN6O2. The minimum absolute atomic E-state index is 0.222. The summed E-state index contributed by atoms with van der Waals surface area (Å²) in [5.74, 6) is 0.986. The molecule has 0 bridgehead atoms. The number of aryl methyl sites for hydroxylation is 1. The second-order valence-electron chi connectivity index (χ2n) is 8.32. The van der Waals surface area contributed by atoms with Gasteiger partial charge in [-0.25, -0.2) is 0 Å². The molecule has 5 rings (SSSR count). The number of hydrogen-bond donors (Lipinski definition) is 2. The van der Waals surface area contributed by atoms with Crippen molar-refractivity contribution >= 4 is 33.5 Å². The minimum Gasteiger partial charge on any atom is -0.489 e. The number of hydrogen-bond acceptors (Lipinski definition) is 6. The molecule has 1 aliphatic rings. The largest absolute Gasteiger partial charge is 0.489 e. The first kappa shape index (κ1) is 22.8. The van der Waals surface area contributed by atoms with Gasteiger partial charge >= 0.3 is 0 Å². The number of allylic oxidation sites excluding steroid dienone is 1. The molecule has 35 heavy (non-hydrogen) atoms. The fraction of sp³-hybridized carbons (Fsp3) is 0.154. The molecule has 3 aromatic carbocycles. The highest BCUT2D eigenvalue weighted by Crippen LogP contribution is 2.35. The summed E-state index contributed by atoms with van der Waals surface area (Å²) in [5, 5.41) is 18.1. The van der Waals surface area contributed by atoms with Gasteiger partial charge in [0.15, 0.2) is 0 Å². The lowest BCUT2D eigenvalue weighted by molar-refractivity contribution is -0.113. The number of benzene rings is 3. The predicted molar refractivity (Wildman–Crippen MR) is 137 cm³/mol. The summed E-state index contributed by atoms with van der Waals surface area (Å²) in [6.45, 7) is 4.31. The van der Waals surface area contributed by atoms with E-state index in [0.717, 1.165) is 32.6 Å². The number of carbonyl (C=O) groups is 1. The molecular weight excluding hydrogens is 508 g/mol. The molecule has 1 atom stereocenters. The number of tetrazole rings is 1. The Labute approximate surface area is 211 Å². The molecule has 1 aromatic heterocycles. The Hall–Kier alpha value is -3.98. The predicted octanol–water partition coefficient (Wildman–Crippen LogP) is 5.25. The highest BCUT2D eigenvalue weighted by Gasteiger charge is 2.34. The molecule has 176 valence electrons. The third-order valence-corrected chi connectivity index (χ3v) is 6.25. The molecule has 0 spiro atoms. The average Bonchev–Trinajstić information content (AvgIpc) is 3.32. The minimum atomic E-state index is -0.495. The van der Waals surface area contributed by atoms with Gasteiger partial charge in [-0.2, -0.15) is 4.68 Å². The Morgan fingerprint density at radius 3 is 2.60 bits per heavy atom. The summed E-state index contributed by atoms with van der Waals surface area (Å²) in [7, 11) is 0. The van der Waals surface area contributed by atoms with E-state index in [9.17, 15) is 4.79 Å². The molecule has 1 amide bonds. The van der Waals surface area contributed by atoms with Gasteiger partial charge in [-0.15, -0.1) is 0 Å². The van der Waals surface area contributed by atoms with Crippen LogP contribution < -0.4 is 15.4 Å². The maximum atomic E-state index is 13.4. The highest BCUT2D eigenvalue weighted by atomic mass is 79.9. The van der Waals surface area contributed by atoms with Gasteiger partial charge in [-0.1, -0.05) is 63.0 Å². The SMILES string of the molecule is CC1=C(C(=O)Nc2ccc(C)cc2)C(c2ccc(OCc3cccc(Br)c3)cc2)n2nnnc2N1. The fourth-order valence-corrected chi connectivity index (χ4v) is 4.44. The van der Waals surface area contributed by atoms with Crippen LogP contribution in [0.5, 0.6) is 5.75 Å². The maximum Gasteiger partial charge on any atom is 0.255 e. The number of amides is 1. The van der Waals surface area contributed by atoms with E-state index in [1.54, 1.807) is 4.68 Å². The van der Waals surface area contributed by atoms with E-state index in [-0.39, 0.29) is 5.91 Å². The smallest absolute Gasteiger partial charge is 0.255 e. The number of aromatic nitrogens is 4. The monoisotopic (exact) mass is 530 g/mol. The van der Waals surface area contributed by atoms with Crippen molar-refractivity contribution in [2.45, 2.75) is 26.5 Å². The van der Waals surface area contributed by atoms with Crippen molar-refractivity contribution in [2.75, 3.05) is 10.6 Å². The van der Waals surface area contributed by atoms with Crippen molar-refractivity contribution in [2.24, 2.45) is 0 Å². The first-order chi connectivity index (χ1) is 17.0. The normalized spacial score (nSPS) is 14.8. The number of anilines is 2. The highest BCUT2D eigenvalue weighted by molar-refractivity contribution is 9.10. The number of carbonyl (C=O) groups excluding carboxylic acids is 1. The van der Waals surface area contributed by atoms with Crippen molar-refractivity contribution in [1.82, 2.24) is 20.2 Å². The van der Waals surface area contributed by atoms with E-state index in [0.29, 0.717) is 23.8 Å². The molecule has 0 radical (unpaired) electrons. The standard InChI is InChI=1S/C26H23BrN6O2/c1-16-6-10-21(11-7-16)29-25(34)23-17(2)28-26-30-31-32-33(26)24(23)19-8-12-22(13-9-19)35-15-18-4-3-5-20(27)14-18/h3-14,24H,15H2,1-2H3,(H,29,34)(H,28,30,32). The third kappa shape index (κ3) is 4.95. The molecule has 1 aliphatic heterocycles. The van der Waals surface area contributed by atoms with E-state index in [1.165, 1.54) is 0 Å². The van der Waals surface area contributed by atoms with E-state index in [2.05, 4.69) is 42.1 Å². The summed E-state index contributed by atoms with van der Waals surface area (Å²) in [6.07, 6.45) is 0. The van der Waals surface area contributed by atoms with Crippen molar-refractivity contribution in [3.8, 4) is 5.75 Å². The zero-order valence-corrected chi connectivity index (χ0v) is 20.8. The summed E-state index contributed by atoms with van der Waals surface area (Å²) >= 11 is 3.48. The van der Waals surface area contributed by atoms with Crippen LogP contribution >= 0.6 is 15.9 Å². The zero-order valence-electron chi connectivity index (χ0n) is 19.2. The van der Waals surface area contributed by atoms with E-state index in [4.69, 9.17) is 4.74 Å². The van der Waals surface area contributed by atoms with Gasteiger partial charge in [0.25, 0.3) is 5.91 Å². The molecule has 8 nitrogen and oxygen atoms in total. The van der Waals surface area contributed by atoms with Gasteiger partial charge in [0.1, 0.15) is 18.4 Å². The Kier molecular flexibility index (Phi) is 6.33. The maximum absolute atomic E-state index is 13.4.